The van der Waals surface area contributed by atoms with E-state index in [0.717, 1.165) is 61.1 Å². The van der Waals surface area contributed by atoms with Crippen molar-refractivity contribution < 1.29 is 9.59 Å². The maximum atomic E-state index is 13.3. The summed E-state index contributed by atoms with van der Waals surface area (Å²) in [5, 5.41) is 7.01. The average Bonchev–Trinajstić information content (AvgIpc) is 2.83. The lowest BCUT2D eigenvalue weighted by Crippen LogP contribution is -2.47. The molecule has 2 N–H and O–H groups in total. The smallest absolute Gasteiger partial charge is 0.252 e. The minimum Gasteiger partial charge on any atom is -0.355 e. The summed E-state index contributed by atoms with van der Waals surface area (Å²) in [6, 6.07) is 18.0. The second-order valence-corrected chi connectivity index (χ2v) is 8.81. The first-order valence-corrected chi connectivity index (χ1v) is 11.8. The summed E-state index contributed by atoms with van der Waals surface area (Å²) < 4.78 is 0. The molecule has 3 aromatic rings. The second kappa shape index (κ2) is 10.6. The fraction of sp³-hybridized carbons (Fsp3) is 0.370. The number of rotatable bonds is 7. The van der Waals surface area contributed by atoms with Crippen molar-refractivity contribution in [3.8, 4) is 11.3 Å². The Balaban J connectivity index is 1.46. The number of hydrogen-bond donors (Lipinski definition) is 2. The van der Waals surface area contributed by atoms with Crippen LogP contribution in [0.25, 0.3) is 22.2 Å². The molecule has 2 aromatic carbocycles. The van der Waals surface area contributed by atoms with Crippen molar-refractivity contribution in [2.45, 2.75) is 39.2 Å². The van der Waals surface area contributed by atoms with Gasteiger partial charge in [-0.1, -0.05) is 55.0 Å². The van der Waals surface area contributed by atoms with Gasteiger partial charge in [0.1, 0.15) is 0 Å². The molecule has 0 aliphatic carbocycles. The number of carbonyl (C=O) groups is 2. The summed E-state index contributed by atoms with van der Waals surface area (Å²) in [6.07, 6.45) is 2.61. The number of hydrogen-bond acceptors (Lipinski definition) is 4. The highest BCUT2D eigenvalue weighted by Crippen LogP contribution is 2.25. The third kappa shape index (κ3) is 5.76. The molecule has 6 heteroatoms. The first-order valence-electron chi connectivity index (χ1n) is 11.8. The highest BCUT2D eigenvalue weighted by molar-refractivity contribution is 6.07. The van der Waals surface area contributed by atoms with Crippen LogP contribution in [0.5, 0.6) is 0 Å². The zero-order chi connectivity index (χ0) is 23.2. The molecule has 2 heterocycles. The molecule has 2 amide bonds. The van der Waals surface area contributed by atoms with Gasteiger partial charge < -0.3 is 10.6 Å². The van der Waals surface area contributed by atoms with E-state index < -0.39 is 0 Å². The summed E-state index contributed by atoms with van der Waals surface area (Å²) in [4.78, 5) is 32.3. The van der Waals surface area contributed by atoms with Gasteiger partial charge in [0.25, 0.3) is 5.91 Å². The number of para-hydroxylation sites is 1. The fourth-order valence-corrected chi connectivity index (χ4v) is 4.26. The van der Waals surface area contributed by atoms with E-state index in [4.69, 9.17) is 4.98 Å². The second-order valence-electron chi connectivity index (χ2n) is 8.81. The van der Waals surface area contributed by atoms with E-state index in [1.807, 2.05) is 49.4 Å². The summed E-state index contributed by atoms with van der Waals surface area (Å²) in [7, 11) is 0. The lowest BCUT2D eigenvalue weighted by atomic mass is 10.0. The molecule has 1 saturated heterocycles. The van der Waals surface area contributed by atoms with E-state index >= 15 is 0 Å². The van der Waals surface area contributed by atoms with Gasteiger partial charge in [-0.15, -0.1) is 0 Å². The van der Waals surface area contributed by atoms with Crippen molar-refractivity contribution >= 4 is 22.7 Å². The molecular formula is C27H32N4O2. The normalized spacial score (nSPS) is 14.8. The van der Waals surface area contributed by atoms with Gasteiger partial charge in [0.2, 0.25) is 5.91 Å². The largest absolute Gasteiger partial charge is 0.355 e. The number of amides is 2. The zero-order valence-corrected chi connectivity index (χ0v) is 19.4. The van der Waals surface area contributed by atoms with Crippen LogP contribution in [0.1, 0.15) is 42.1 Å². The molecule has 1 fully saturated rings. The third-order valence-corrected chi connectivity index (χ3v) is 6.17. The Kier molecular flexibility index (Phi) is 7.35. The molecular weight excluding hydrogens is 412 g/mol. The standard InChI is InChI=1S/C27H32N4O2/c1-3-14-28-26(32)18-31-15-12-21(13-16-31)29-27(33)23-17-25(20-10-8-19(2)9-11-20)30-24-7-5-4-6-22(23)24/h4-11,17,21H,3,12-16,18H2,1-2H3,(H,28,32)(H,29,33). The number of aryl methyl sites for hydroxylation is 1. The summed E-state index contributed by atoms with van der Waals surface area (Å²) in [5.41, 5.74) is 4.44. The number of aromatic nitrogens is 1. The Morgan fingerprint density at radius 1 is 1.06 bits per heavy atom. The third-order valence-electron chi connectivity index (χ3n) is 6.17. The van der Waals surface area contributed by atoms with Gasteiger partial charge in [0, 0.05) is 36.6 Å². The summed E-state index contributed by atoms with van der Waals surface area (Å²) in [5.74, 6) is 0.00678. The van der Waals surface area contributed by atoms with Crippen LogP contribution in [0.4, 0.5) is 0 Å². The van der Waals surface area contributed by atoms with Crippen molar-refractivity contribution in [2.75, 3.05) is 26.2 Å². The number of nitrogens with zero attached hydrogens (tertiary/aromatic N) is 2. The Labute approximate surface area is 195 Å². The monoisotopic (exact) mass is 444 g/mol. The van der Waals surface area contributed by atoms with Crippen molar-refractivity contribution in [1.82, 2.24) is 20.5 Å². The number of carbonyl (C=O) groups excluding carboxylic acids is 2. The van der Waals surface area contributed by atoms with Crippen molar-refractivity contribution in [2.24, 2.45) is 0 Å². The van der Waals surface area contributed by atoms with E-state index in [9.17, 15) is 9.59 Å². The Morgan fingerprint density at radius 2 is 1.79 bits per heavy atom. The van der Waals surface area contributed by atoms with E-state index in [-0.39, 0.29) is 17.9 Å². The topological polar surface area (TPSA) is 74.3 Å². The highest BCUT2D eigenvalue weighted by atomic mass is 16.2. The van der Waals surface area contributed by atoms with Crippen LogP contribution in [-0.2, 0) is 4.79 Å². The highest BCUT2D eigenvalue weighted by Gasteiger charge is 2.23. The first-order chi connectivity index (χ1) is 16.0. The van der Waals surface area contributed by atoms with Crippen molar-refractivity contribution in [1.29, 1.82) is 0 Å². The summed E-state index contributed by atoms with van der Waals surface area (Å²) >= 11 is 0. The van der Waals surface area contributed by atoms with Crippen LogP contribution < -0.4 is 10.6 Å². The van der Waals surface area contributed by atoms with Gasteiger partial charge in [-0.05, 0) is 38.3 Å². The molecule has 0 bridgehead atoms. The molecule has 6 nitrogen and oxygen atoms in total. The van der Waals surface area contributed by atoms with Crippen LogP contribution in [0.3, 0.4) is 0 Å². The summed E-state index contributed by atoms with van der Waals surface area (Å²) in [6.45, 7) is 6.85. The SMILES string of the molecule is CCCNC(=O)CN1CCC(NC(=O)c2cc(-c3ccc(C)cc3)nc3ccccc23)CC1. The van der Waals surface area contributed by atoms with Crippen molar-refractivity contribution in [3.05, 3.63) is 65.7 Å². The molecule has 4 rings (SSSR count). The minimum atomic E-state index is -0.0684. The first kappa shape index (κ1) is 22.9. The van der Waals surface area contributed by atoms with Gasteiger partial charge in [-0.2, -0.15) is 0 Å². The average molecular weight is 445 g/mol. The van der Waals surface area contributed by atoms with E-state index in [1.54, 1.807) is 0 Å². The number of nitrogens with one attached hydrogen (secondary N) is 2. The van der Waals surface area contributed by atoms with E-state index in [2.05, 4.69) is 34.6 Å². The molecule has 1 aliphatic rings. The Morgan fingerprint density at radius 3 is 2.52 bits per heavy atom. The molecule has 0 saturated carbocycles. The van der Waals surface area contributed by atoms with Gasteiger partial charge in [-0.3, -0.25) is 14.5 Å². The zero-order valence-electron chi connectivity index (χ0n) is 19.4. The van der Waals surface area contributed by atoms with Crippen LogP contribution in [0.2, 0.25) is 0 Å². The number of pyridine rings is 1. The molecule has 172 valence electrons. The maximum Gasteiger partial charge on any atom is 0.252 e. The lowest BCUT2D eigenvalue weighted by molar-refractivity contribution is -0.122. The van der Waals surface area contributed by atoms with E-state index in [0.29, 0.717) is 12.1 Å². The van der Waals surface area contributed by atoms with Crippen LogP contribution in [0.15, 0.2) is 54.6 Å². The number of fused-ring (bicyclic) bond motifs is 1. The Hall–Kier alpha value is -3.25. The van der Waals surface area contributed by atoms with Gasteiger partial charge in [0.15, 0.2) is 0 Å². The molecule has 0 unspecified atom stereocenters. The van der Waals surface area contributed by atoms with Crippen molar-refractivity contribution in [3.63, 3.8) is 0 Å². The lowest BCUT2D eigenvalue weighted by Gasteiger charge is -2.32. The minimum absolute atomic E-state index is 0.0684. The number of benzene rings is 2. The molecule has 0 atom stereocenters. The maximum absolute atomic E-state index is 13.3. The van der Waals surface area contributed by atoms with Gasteiger partial charge >= 0.3 is 0 Å². The van der Waals surface area contributed by atoms with Crippen LogP contribution >= 0.6 is 0 Å². The molecule has 33 heavy (non-hydrogen) atoms. The number of piperidine rings is 1. The Bertz CT molecular complexity index is 1120. The van der Waals surface area contributed by atoms with Crippen LogP contribution in [-0.4, -0.2) is 53.9 Å². The molecule has 0 radical (unpaired) electrons. The van der Waals surface area contributed by atoms with Crippen LogP contribution in [0, 0.1) is 6.92 Å². The predicted molar refractivity (Wildman–Crippen MR) is 132 cm³/mol. The quantitative estimate of drug-likeness (QED) is 0.579. The number of likely N-dealkylation sites (tertiary alicyclic amines) is 1. The molecule has 1 aromatic heterocycles. The fourth-order valence-electron chi connectivity index (χ4n) is 4.26. The van der Waals surface area contributed by atoms with Gasteiger partial charge in [0.05, 0.1) is 23.3 Å². The molecule has 1 aliphatic heterocycles. The van der Waals surface area contributed by atoms with E-state index in [1.165, 1.54) is 5.56 Å². The van der Waals surface area contributed by atoms with Gasteiger partial charge in [-0.25, -0.2) is 4.98 Å². The predicted octanol–water partition coefficient (Wildman–Crippen LogP) is 3.93. The molecule has 0 spiro atoms.